The van der Waals surface area contributed by atoms with Crippen LogP contribution in [-0.2, 0) is 4.79 Å². The molecule has 0 atom stereocenters. The summed E-state index contributed by atoms with van der Waals surface area (Å²) >= 11 is 0. The summed E-state index contributed by atoms with van der Waals surface area (Å²) < 4.78 is 5.50. The topological polar surface area (TPSA) is 76.1 Å². The average Bonchev–Trinajstić information content (AvgIpc) is 3.25. The van der Waals surface area contributed by atoms with Gasteiger partial charge in [0.1, 0.15) is 0 Å². The fourth-order valence-corrected chi connectivity index (χ4v) is 1.75. The molecule has 1 aliphatic carbocycles. The largest absolute Gasteiger partial charge is 0.478 e. The molecule has 1 aromatic rings. The van der Waals surface area contributed by atoms with Gasteiger partial charge in [0.15, 0.2) is 0 Å². The molecule has 0 spiro atoms. The second-order valence-corrected chi connectivity index (χ2v) is 5.01. The lowest BCUT2D eigenvalue weighted by molar-refractivity contribution is -0.122. The van der Waals surface area contributed by atoms with Crippen LogP contribution in [0.3, 0.4) is 0 Å². The van der Waals surface area contributed by atoms with Crippen molar-refractivity contribution in [3.63, 3.8) is 0 Å². The Hall–Kier alpha value is -1.85. The summed E-state index contributed by atoms with van der Waals surface area (Å²) in [7, 11) is 0. The number of aryl methyl sites for hydroxylation is 1. The zero-order chi connectivity index (χ0) is 14.4. The van der Waals surface area contributed by atoms with Gasteiger partial charge in [-0.1, -0.05) is 6.92 Å². The van der Waals surface area contributed by atoms with Gasteiger partial charge >= 0.3 is 0 Å². The first kappa shape index (κ1) is 14.6. The fraction of sp³-hybridized carbons (Fsp3) is 0.643. The van der Waals surface area contributed by atoms with Gasteiger partial charge in [-0.05, 0) is 26.2 Å². The maximum Gasteiger partial charge on any atom is 0.226 e. The quantitative estimate of drug-likeness (QED) is 0.705. The Balaban J connectivity index is 1.76. The van der Waals surface area contributed by atoms with E-state index in [1.54, 1.807) is 0 Å². The first-order chi connectivity index (χ1) is 9.69. The molecule has 2 rings (SSSR count). The molecule has 1 saturated carbocycles. The summed E-state index contributed by atoms with van der Waals surface area (Å²) in [6.45, 7) is 5.79. The smallest absolute Gasteiger partial charge is 0.226 e. The highest BCUT2D eigenvalue weighted by Gasteiger charge is 2.28. The molecule has 2 N–H and O–H groups in total. The highest BCUT2D eigenvalue weighted by Crippen LogP contribution is 2.28. The molecule has 20 heavy (non-hydrogen) atoms. The van der Waals surface area contributed by atoms with Gasteiger partial charge < -0.3 is 15.4 Å². The lowest BCUT2D eigenvalue weighted by atomic mass is 10.4. The molecule has 0 aromatic carbocycles. The number of aromatic nitrogens is 2. The number of hydrogen-bond acceptors (Lipinski definition) is 5. The number of ether oxygens (including phenoxy) is 1. The van der Waals surface area contributed by atoms with Gasteiger partial charge in [-0.15, -0.1) is 0 Å². The van der Waals surface area contributed by atoms with Gasteiger partial charge in [0, 0.05) is 30.8 Å². The highest BCUT2D eigenvalue weighted by molar-refractivity contribution is 5.80. The molecule has 0 saturated heterocycles. The number of anilines is 1. The van der Waals surface area contributed by atoms with Gasteiger partial charge in [0.25, 0.3) is 0 Å². The molecular weight excluding hydrogens is 256 g/mol. The van der Waals surface area contributed by atoms with Crippen LogP contribution in [0.25, 0.3) is 0 Å². The SMILES string of the molecule is CCCOc1cc(C)nc(NCCNC(=O)C2CC2)n1. The van der Waals surface area contributed by atoms with Gasteiger partial charge in [-0.3, -0.25) is 4.79 Å². The summed E-state index contributed by atoms with van der Waals surface area (Å²) in [5, 5.41) is 5.99. The Kier molecular flexibility index (Phi) is 5.15. The first-order valence-electron chi connectivity index (χ1n) is 7.19. The average molecular weight is 278 g/mol. The third kappa shape index (κ3) is 4.68. The number of nitrogens with zero attached hydrogens (tertiary/aromatic N) is 2. The number of carbonyl (C=O) groups is 1. The molecule has 110 valence electrons. The minimum absolute atomic E-state index is 0.156. The summed E-state index contributed by atoms with van der Waals surface area (Å²) in [5.41, 5.74) is 0.857. The summed E-state index contributed by atoms with van der Waals surface area (Å²) in [5.74, 6) is 1.53. The normalized spacial score (nSPS) is 13.9. The molecule has 0 unspecified atom stereocenters. The second kappa shape index (κ2) is 7.07. The van der Waals surface area contributed by atoms with Crippen molar-refractivity contribution in [2.24, 2.45) is 5.92 Å². The molecule has 6 heteroatoms. The van der Waals surface area contributed by atoms with Gasteiger partial charge in [0.2, 0.25) is 17.7 Å². The van der Waals surface area contributed by atoms with Crippen molar-refractivity contribution < 1.29 is 9.53 Å². The maximum absolute atomic E-state index is 11.5. The summed E-state index contributed by atoms with van der Waals surface area (Å²) in [6, 6.07) is 1.82. The van der Waals surface area contributed by atoms with Crippen molar-refractivity contribution in [2.75, 3.05) is 25.0 Å². The van der Waals surface area contributed by atoms with Crippen molar-refractivity contribution in [2.45, 2.75) is 33.1 Å². The fourth-order valence-electron chi connectivity index (χ4n) is 1.75. The number of carbonyl (C=O) groups excluding carboxylic acids is 1. The summed E-state index contributed by atoms with van der Waals surface area (Å²) in [4.78, 5) is 20.0. The van der Waals surface area contributed by atoms with E-state index < -0.39 is 0 Å². The van der Waals surface area contributed by atoms with Crippen molar-refractivity contribution >= 4 is 11.9 Å². The van der Waals surface area contributed by atoms with Crippen molar-refractivity contribution in [3.8, 4) is 5.88 Å². The van der Waals surface area contributed by atoms with Crippen molar-refractivity contribution in [1.29, 1.82) is 0 Å². The van der Waals surface area contributed by atoms with E-state index in [9.17, 15) is 4.79 Å². The van der Waals surface area contributed by atoms with Crippen LogP contribution in [0, 0.1) is 12.8 Å². The molecule has 1 heterocycles. The molecule has 6 nitrogen and oxygen atoms in total. The molecule has 1 amide bonds. The Morgan fingerprint density at radius 2 is 2.20 bits per heavy atom. The predicted octanol–water partition coefficient (Wildman–Crippen LogP) is 1.51. The van der Waals surface area contributed by atoms with Gasteiger partial charge in [0.05, 0.1) is 6.61 Å². The van der Waals surface area contributed by atoms with Crippen LogP contribution < -0.4 is 15.4 Å². The Morgan fingerprint density at radius 1 is 1.40 bits per heavy atom. The molecule has 0 radical (unpaired) electrons. The Morgan fingerprint density at radius 3 is 2.90 bits per heavy atom. The number of hydrogen-bond donors (Lipinski definition) is 2. The second-order valence-electron chi connectivity index (χ2n) is 5.01. The first-order valence-corrected chi connectivity index (χ1v) is 7.19. The molecule has 1 fully saturated rings. The standard InChI is InChI=1S/C14H22N4O2/c1-3-8-20-12-9-10(2)17-14(18-12)16-7-6-15-13(19)11-4-5-11/h9,11H,3-8H2,1-2H3,(H,15,19)(H,16,17,18). The van der Waals surface area contributed by atoms with Crippen LogP contribution in [0.15, 0.2) is 6.07 Å². The van der Waals surface area contributed by atoms with Crippen LogP contribution in [0.1, 0.15) is 31.9 Å². The Labute approximate surface area is 119 Å². The molecule has 1 aliphatic rings. The minimum atomic E-state index is 0.156. The molecule has 0 aliphatic heterocycles. The van der Waals surface area contributed by atoms with Crippen LogP contribution in [0.2, 0.25) is 0 Å². The van der Waals surface area contributed by atoms with E-state index in [1.165, 1.54) is 0 Å². The Bertz CT molecular complexity index is 460. The number of amides is 1. The lowest BCUT2D eigenvalue weighted by Gasteiger charge is -2.09. The number of nitrogens with one attached hydrogen (secondary N) is 2. The van der Waals surface area contributed by atoms with Crippen LogP contribution in [0.5, 0.6) is 5.88 Å². The zero-order valence-electron chi connectivity index (χ0n) is 12.1. The summed E-state index contributed by atoms with van der Waals surface area (Å²) in [6.07, 6.45) is 3.00. The van der Waals surface area contributed by atoms with E-state index in [4.69, 9.17) is 4.74 Å². The lowest BCUT2D eigenvalue weighted by Crippen LogP contribution is -2.30. The van der Waals surface area contributed by atoms with E-state index in [0.717, 1.165) is 25.0 Å². The van der Waals surface area contributed by atoms with Gasteiger partial charge in [-0.2, -0.15) is 4.98 Å². The van der Waals surface area contributed by atoms with Crippen LogP contribution in [-0.4, -0.2) is 35.6 Å². The van der Waals surface area contributed by atoms with Crippen LogP contribution in [0.4, 0.5) is 5.95 Å². The molecule has 1 aromatic heterocycles. The zero-order valence-corrected chi connectivity index (χ0v) is 12.1. The van der Waals surface area contributed by atoms with Crippen molar-refractivity contribution in [3.05, 3.63) is 11.8 Å². The third-order valence-electron chi connectivity index (χ3n) is 2.94. The van der Waals surface area contributed by atoms with Gasteiger partial charge in [-0.25, -0.2) is 4.98 Å². The van der Waals surface area contributed by atoms with E-state index in [0.29, 0.717) is 31.5 Å². The molecule has 0 bridgehead atoms. The highest BCUT2D eigenvalue weighted by atomic mass is 16.5. The van der Waals surface area contributed by atoms with E-state index >= 15 is 0 Å². The van der Waals surface area contributed by atoms with Crippen molar-refractivity contribution in [1.82, 2.24) is 15.3 Å². The maximum atomic E-state index is 11.5. The van der Waals surface area contributed by atoms with E-state index in [-0.39, 0.29) is 11.8 Å². The van der Waals surface area contributed by atoms with Crippen LogP contribution >= 0.6 is 0 Å². The third-order valence-corrected chi connectivity index (χ3v) is 2.94. The number of rotatable bonds is 8. The predicted molar refractivity (Wildman–Crippen MR) is 76.8 cm³/mol. The minimum Gasteiger partial charge on any atom is -0.478 e. The monoisotopic (exact) mass is 278 g/mol. The molecular formula is C14H22N4O2. The van der Waals surface area contributed by atoms with E-state index in [2.05, 4.69) is 27.5 Å². The van der Waals surface area contributed by atoms with E-state index in [1.807, 2.05) is 13.0 Å².